The van der Waals surface area contributed by atoms with Gasteiger partial charge in [0.15, 0.2) is 10.8 Å². The van der Waals surface area contributed by atoms with E-state index in [0.717, 1.165) is 17.8 Å². The lowest BCUT2D eigenvalue weighted by molar-refractivity contribution is -0.150. The Bertz CT molecular complexity index is 1680. The number of hydrogen-bond donors (Lipinski definition) is 4. The summed E-state index contributed by atoms with van der Waals surface area (Å²) in [5, 5.41) is 35.2. The van der Waals surface area contributed by atoms with Crippen molar-refractivity contribution in [1.29, 1.82) is 0 Å². The number of nitrogens with zero attached hydrogens (tertiary/aromatic N) is 7. The molecule has 2 unspecified atom stereocenters. The molecule has 18 nitrogen and oxygen atoms in total. The van der Waals surface area contributed by atoms with Crippen LogP contribution in [0.5, 0.6) is 0 Å². The zero-order valence-electron chi connectivity index (χ0n) is 26.7. The highest BCUT2D eigenvalue weighted by Crippen LogP contribution is 2.41. The second-order valence-corrected chi connectivity index (χ2v) is 14.7. The Kier molecular flexibility index (Phi) is 11.5. The molecule has 4 amide bonds. The van der Waals surface area contributed by atoms with Gasteiger partial charge in [0.25, 0.3) is 11.8 Å². The van der Waals surface area contributed by atoms with Crippen LogP contribution in [0.15, 0.2) is 39.1 Å². The summed E-state index contributed by atoms with van der Waals surface area (Å²) in [5.74, 6) is -2.12. The first kappa shape index (κ1) is 35.8. The molecule has 3 atom stereocenters. The van der Waals surface area contributed by atoms with Crippen LogP contribution in [0.4, 0.5) is 9.93 Å². The Morgan fingerprint density at radius 3 is 2.82 bits per heavy atom. The van der Waals surface area contributed by atoms with Gasteiger partial charge in [-0.15, -0.1) is 28.2 Å². The first-order chi connectivity index (χ1) is 23.4. The van der Waals surface area contributed by atoms with E-state index >= 15 is 0 Å². The molecule has 4 heterocycles. The Labute approximate surface area is 292 Å². The minimum Gasteiger partial charge on any atom is -0.477 e. The van der Waals surface area contributed by atoms with Gasteiger partial charge in [0, 0.05) is 30.0 Å². The number of carbonyl (C=O) groups is 5. The zero-order chi connectivity index (χ0) is 35.1. The molecule has 0 aromatic carbocycles. The molecule has 0 bridgehead atoms. The average molecular weight is 735 g/mol. The number of aryl methyl sites for hydroxylation is 1. The van der Waals surface area contributed by atoms with Crippen LogP contribution >= 0.6 is 34.9 Å². The number of carboxylic acid groups (broad SMARTS) is 1. The zero-order valence-corrected chi connectivity index (χ0v) is 29.1. The number of ether oxygens (including phenoxy) is 1. The summed E-state index contributed by atoms with van der Waals surface area (Å²) in [4.78, 5) is 72.8. The number of tetrazole rings is 1. The molecule has 4 N–H and O–H groups in total. The van der Waals surface area contributed by atoms with Crippen LogP contribution in [0.3, 0.4) is 0 Å². The van der Waals surface area contributed by atoms with Gasteiger partial charge in [0.1, 0.15) is 34.5 Å². The third-order valence-electron chi connectivity index (χ3n) is 7.02. The van der Waals surface area contributed by atoms with E-state index in [-0.39, 0.29) is 39.8 Å². The van der Waals surface area contributed by atoms with Crippen molar-refractivity contribution in [2.45, 2.75) is 74.9 Å². The molecule has 2 aliphatic heterocycles. The maximum Gasteiger partial charge on any atom is 0.407 e. The fraction of sp³-hybridized carbons (Fsp3) is 0.500. The second-order valence-electron chi connectivity index (χ2n) is 11.8. The number of thioether (sulfide) groups is 2. The van der Waals surface area contributed by atoms with E-state index in [0.29, 0.717) is 43.1 Å². The molecule has 3 aliphatic rings. The number of fused-ring (bicyclic) bond motifs is 1. The standard InChI is InChI=1S/C28H34N10O8S3/c1-28(2,3)45-27(44)29-9-6-10-37-26(33-35-36-37)49-12-15-11-47-23-19(22(41)38(23)20(15)24(42)43)32-21(40)18(34-46-16-7-4-5-8-16)17-13-48-25(31-17)30-14-39/h4,7,13-14,16,19,23H,5-6,8-12H2,1-3H3,(H,29,44)(H,32,40)(H,42,43)(H,30,31,39)/t16?,19?,23-/m0/s1. The number of aliphatic carboxylic acids is 1. The van der Waals surface area contributed by atoms with Crippen LogP contribution in [0, 0.1) is 0 Å². The quantitative estimate of drug-likeness (QED) is 0.0387. The highest BCUT2D eigenvalue weighted by molar-refractivity contribution is 8.01. The molecule has 2 aromatic heterocycles. The molecule has 262 valence electrons. The maximum atomic E-state index is 13.4. The van der Waals surface area contributed by atoms with Gasteiger partial charge < -0.3 is 30.6 Å². The van der Waals surface area contributed by atoms with E-state index in [1.54, 1.807) is 25.5 Å². The fourth-order valence-corrected chi connectivity index (χ4v) is 7.89. The number of oxime groups is 1. The number of hydrogen-bond acceptors (Lipinski definition) is 15. The summed E-state index contributed by atoms with van der Waals surface area (Å²) in [7, 11) is 0. The van der Waals surface area contributed by atoms with Gasteiger partial charge in [-0.05, 0) is 62.1 Å². The SMILES string of the molecule is CC(C)(C)OC(=O)NCCCn1nnnc1SCC1=C(C(=O)O)N2C(=O)C(NC(=O)C(=NOC3C=CCC3)c3csc(NC=O)n3)[C@@H]2SC1. The first-order valence-corrected chi connectivity index (χ1v) is 18.0. The van der Waals surface area contributed by atoms with Crippen LogP contribution in [0.25, 0.3) is 0 Å². The number of β-lactam (4-membered cyclic amide) rings is 1. The van der Waals surface area contributed by atoms with Gasteiger partial charge in [-0.1, -0.05) is 23.0 Å². The predicted molar refractivity (Wildman–Crippen MR) is 179 cm³/mol. The van der Waals surface area contributed by atoms with Crippen LogP contribution < -0.4 is 16.0 Å². The van der Waals surface area contributed by atoms with Crippen LogP contribution in [-0.4, -0.2) is 112 Å². The largest absolute Gasteiger partial charge is 0.477 e. The van der Waals surface area contributed by atoms with Gasteiger partial charge in [-0.3, -0.25) is 19.3 Å². The maximum absolute atomic E-state index is 13.4. The van der Waals surface area contributed by atoms with Crippen molar-refractivity contribution in [2.24, 2.45) is 5.16 Å². The highest BCUT2D eigenvalue weighted by atomic mass is 32.2. The van der Waals surface area contributed by atoms with Crippen LogP contribution in [0.2, 0.25) is 0 Å². The van der Waals surface area contributed by atoms with Crippen molar-refractivity contribution < 1.29 is 38.7 Å². The molecule has 1 aliphatic carbocycles. The van der Waals surface area contributed by atoms with Crippen molar-refractivity contribution in [3.05, 3.63) is 34.5 Å². The van der Waals surface area contributed by atoms with E-state index in [9.17, 15) is 29.1 Å². The lowest BCUT2D eigenvalue weighted by Gasteiger charge is -2.49. The number of amides is 4. The van der Waals surface area contributed by atoms with E-state index in [2.05, 4.69) is 41.6 Å². The Morgan fingerprint density at radius 1 is 1.29 bits per heavy atom. The van der Waals surface area contributed by atoms with E-state index in [1.165, 1.54) is 33.8 Å². The lowest BCUT2D eigenvalue weighted by Crippen LogP contribution is -2.71. The number of nitrogens with one attached hydrogen (secondary N) is 3. The fourth-order valence-electron chi connectivity index (χ4n) is 4.85. The molecular weight excluding hydrogens is 701 g/mol. The van der Waals surface area contributed by atoms with Crippen molar-refractivity contribution in [3.8, 4) is 0 Å². The van der Waals surface area contributed by atoms with Crippen LogP contribution in [0.1, 0.15) is 45.7 Å². The topological polar surface area (TPSA) is 232 Å². The average Bonchev–Trinajstić information content (AvgIpc) is 3.83. The lowest BCUT2D eigenvalue weighted by atomic mass is 10.0. The number of carboxylic acids is 1. The number of thiazole rings is 1. The molecule has 0 radical (unpaired) electrons. The monoisotopic (exact) mass is 734 g/mol. The van der Waals surface area contributed by atoms with Gasteiger partial charge in [0.2, 0.25) is 11.6 Å². The Morgan fingerprint density at radius 2 is 2.10 bits per heavy atom. The number of allylic oxidation sites excluding steroid dienone is 1. The summed E-state index contributed by atoms with van der Waals surface area (Å²) in [6, 6.07) is -1.02. The minimum atomic E-state index is -1.27. The number of rotatable bonds is 15. The smallest absolute Gasteiger partial charge is 0.407 e. The van der Waals surface area contributed by atoms with Gasteiger partial charge in [-0.2, -0.15) is 0 Å². The number of anilines is 1. The van der Waals surface area contributed by atoms with Gasteiger partial charge in [-0.25, -0.2) is 19.3 Å². The summed E-state index contributed by atoms with van der Waals surface area (Å²) < 4.78 is 6.77. The molecule has 0 spiro atoms. The normalized spacial score (nSPS) is 20.4. The number of aromatic nitrogens is 5. The van der Waals surface area contributed by atoms with Crippen molar-refractivity contribution in [1.82, 2.24) is 40.7 Å². The van der Waals surface area contributed by atoms with E-state index in [4.69, 9.17) is 9.57 Å². The summed E-state index contributed by atoms with van der Waals surface area (Å²) in [6.45, 7) is 6.05. The van der Waals surface area contributed by atoms with E-state index in [1.807, 2.05) is 12.2 Å². The Balaban J connectivity index is 1.21. The van der Waals surface area contributed by atoms with Crippen molar-refractivity contribution in [3.63, 3.8) is 0 Å². The third-order valence-corrected chi connectivity index (χ3v) is 10.2. The number of carbonyl (C=O) groups excluding carboxylic acids is 4. The Hall–Kier alpha value is -4.50. The minimum absolute atomic E-state index is 0.140. The first-order valence-electron chi connectivity index (χ1n) is 15.1. The molecule has 21 heteroatoms. The highest BCUT2D eigenvalue weighted by Gasteiger charge is 2.54. The molecular formula is C28H34N10O8S3. The van der Waals surface area contributed by atoms with Gasteiger partial charge >= 0.3 is 12.1 Å². The summed E-state index contributed by atoms with van der Waals surface area (Å²) in [5.41, 5.74) is -0.311. The third kappa shape index (κ3) is 8.95. The molecule has 1 fully saturated rings. The molecule has 5 rings (SSSR count). The molecule has 1 saturated heterocycles. The van der Waals surface area contributed by atoms with E-state index < -0.39 is 40.9 Å². The predicted octanol–water partition coefficient (Wildman–Crippen LogP) is 1.58. The number of alkyl carbamates (subject to hydrolysis) is 1. The summed E-state index contributed by atoms with van der Waals surface area (Å²) >= 11 is 3.62. The molecule has 0 saturated carbocycles. The van der Waals surface area contributed by atoms with Crippen molar-refractivity contribution >= 4 is 76.0 Å². The van der Waals surface area contributed by atoms with Crippen LogP contribution in [-0.2, 0) is 35.3 Å². The van der Waals surface area contributed by atoms with Gasteiger partial charge in [0.05, 0.1) is 0 Å². The van der Waals surface area contributed by atoms with Crippen molar-refractivity contribution in [2.75, 3.05) is 23.4 Å². The summed E-state index contributed by atoms with van der Waals surface area (Å²) in [6.07, 6.45) is 5.39. The molecule has 2 aromatic rings. The molecule has 49 heavy (non-hydrogen) atoms. The second kappa shape index (κ2) is 15.8.